The first-order valence-corrected chi connectivity index (χ1v) is 8.33. The molecule has 23 heavy (non-hydrogen) atoms. The van der Waals surface area contributed by atoms with Gasteiger partial charge in [0, 0.05) is 50.5 Å². The van der Waals surface area contributed by atoms with Crippen LogP contribution in [0.1, 0.15) is 23.0 Å². The molecule has 6 heteroatoms. The second kappa shape index (κ2) is 7.15. The second-order valence-electron chi connectivity index (χ2n) is 5.72. The maximum absolute atomic E-state index is 12.5. The Labute approximate surface area is 141 Å². The predicted octanol–water partition coefficient (Wildman–Crippen LogP) is 2.51. The molecule has 1 amide bonds. The van der Waals surface area contributed by atoms with E-state index < -0.39 is 0 Å². The van der Waals surface area contributed by atoms with Crippen LogP contribution in [-0.4, -0.2) is 51.7 Å². The third kappa shape index (κ3) is 3.74. The van der Waals surface area contributed by atoms with Gasteiger partial charge in [0.1, 0.15) is 5.69 Å². The molecular weight excluding hydrogens is 312 g/mol. The number of rotatable bonds is 4. The van der Waals surface area contributed by atoms with Crippen LogP contribution >= 0.6 is 11.6 Å². The lowest BCUT2D eigenvalue weighted by Gasteiger charge is -2.34. The molecule has 0 N–H and O–H groups in total. The minimum atomic E-state index is 0.0228. The Morgan fingerprint density at radius 3 is 2.57 bits per heavy atom. The molecule has 2 aromatic rings. The third-order valence-electron chi connectivity index (χ3n) is 4.20. The van der Waals surface area contributed by atoms with E-state index in [1.54, 1.807) is 10.7 Å². The number of aromatic nitrogens is 2. The Morgan fingerprint density at radius 2 is 1.91 bits per heavy atom. The van der Waals surface area contributed by atoms with Gasteiger partial charge in [-0.2, -0.15) is 5.10 Å². The number of aryl methyl sites for hydroxylation is 1. The topological polar surface area (TPSA) is 41.4 Å². The molecule has 0 aliphatic carbocycles. The highest BCUT2D eigenvalue weighted by molar-refractivity contribution is 6.31. The smallest absolute Gasteiger partial charge is 0.274 e. The van der Waals surface area contributed by atoms with Crippen LogP contribution in [0.4, 0.5) is 0 Å². The molecule has 1 fully saturated rings. The van der Waals surface area contributed by atoms with E-state index in [0.29, 0.717) is 5.69 Å². The van der Waals surface area contributed by atoms with E-state index in [4.69, 9.17) is 11.6 Å². The number of carbonyl (C=O) groups excluding carboxylic acids is 1. The minimum absolute atomic E-state index is 0.0228. The van der Waals surface area contributed by atoms with Crippen LogP contribution < -0.4 is 0 Å². The Morgan fingerprint density at radius 1 is 1.17 bits per heavy atom. The number of benzene rings is 1. The van der Waals surface area contributed by atoms with E-state index in [1.165, 1.54) is 0 Å². The molecule has 5 nitrogen and oxygen atoms in total. The fourth-order valence-corrected chi connectivity index (χ4v) is 2.99. The number of hydrogen-bond donors (Lipinski definition) is 0. The highest BCUT2D eigenvalue weighted by atomic mass is 35.5. The van der Waals surface area contributed by atoms with Gasteiger partial charge in [-0.25, -0.2) is 0 Å². The lowest BCUT2D eigenvalue weighted by molar-refractivity contribution is 0.0622. The Balaban J connectivity index is 1.56. The Kier molecular flexibility index (Phi) is 4.98. The van der Waals surface area contributed by atoms with Crippen molar-refractivity contribution in [3.8, 4) is 0 Å². The number of nitrogens with zero attached hydrogens (tertiary/aromatic N) is 4. The summed E-state index contributed by atoms with van der Waals surface area (Å²) in [5.74, 6) is 0.0228. The molecule has 122 valence electrons. The molecule has 0 saturated carbocycles. The van der Waals surface area contributed by atoms with Crippen LogP contribution in [0, 0.1) is 0 Å². The van der Waals surface area contributed by atoms with E-state index in [9.17, 15) is 4.79 Å². The SMILES string of the molecule is CCn1ccc(C(=O)N2CCN(Cc3ccccc3Cl)CC2)n1. The fourth-order valence-electron chi connectivity index (χ4n) is 2.79. The van der Waals surface area contributed by atoms with Crippen LogP contribution in [0.25, 0.3) is 0 Å². The van der Waals surface area contributed by atoms with Crippen LogP contribution in [0.3, 0.4) is 0 Å². The summed E-state index contributed by atoms with van der Waals surface area (Å²) in [7, 11) is 0. The molecule has 0 radical (unpaired) electrons. The lowest BCUT2D eigenvalue weighted by Crippen LogP contribution is -2.48. The van der Waals surface area contributed by atoms with Crippen molar-refractivity contribution < 1.29 is 4.79 Å². The number of amides is 1. The van der Waals surface area contributed by atoms with Crippen molar-refractivity contribution in [3.63, 3.8) is 0 Å². The standard InChI is InChI=1S/C17H21ClN4O/c1-2-22-8-7-16(19-22)17(23)21-11-9-20(10-12-21)13-14-5-3-4-6-15(14)18/h3-8H,2,9-13H2,1H3. The molecule has 1 aliphatic heterocycles. The van der Waals surface area contributed by atoms with E-state index in [2.05, 4.69) is 16.1 Å². The van der Waals surface area contributed by atoms with Gasteiger partial charge in [-0.1, -0.05) is 29.8 Å². The van der Waals surface area contributed by atoms with Gasteiger partial charge in [-0.15, -0.1) is 0 Å². The average molecular weight is 333 g/mol. The summed E-state index contributed by atoms with van der Waals surface area (Å²) in [6.45, 7) is 6.77. The van der Waals surface area contributed by atoms with Crippen molar-refractivity contribution in [1.29, 1.82) is 0 Å². The number of piperazine rings is 1. The van der Waals surface area contributed by atoms with Crippen molar-refractivity contribution in [3.05, 3.63) is 52.8 Å². The highest BCUT2D eigenvalue weighted by Crippen LogP contribution is 2.18. The first kappa shape index (κ1) is 16.0. The molecular formula is C17H21ClN4O. The summed E-state index contributed by atoms with van der Waals surface area (Å²) in [5, 5.41) is 5.10. The van der Waals surface area contributed by atoms with Crippen molar-refractivity contribution in [2.24, 2.45) is 0 Å². The van der Waals surface area contributed by atoms with Gasteiger partial charge in [-0.3, -0.25) is 14.4 Å². The first-order valence-electron chi connectivity index (χ1n) is 7.96. The number of hydrogen-bond acceptors (Lipinski definition) is 3. The summed E-state index contributed by atoms with van der Waals surface area (Å²) in [5.41, 5.74) is 1.67. The zero-order chi connectivity index (χ0) is 16.2. The molecule has 1 aromatic heterocycles. The second-order valence-corrected chi connectivity index (χ2v) is 6.12. The van der Waals surface area contributed by atoms with Crippen molar-refractivity contribution >= 4 is 17.5 Å². The molecule has 2 heterocycles. The van der Waals surface area contributed by atoms with Crippen LogP contribution in [0.5, 0.6) is 0 Å². The molecule has 0 atom stereocenters. The molecule has 1 saturated heterocycles. The van der Waals surface area contributed by atoms with Gasteiger partial charge in [0.15, 0.2) is 0 Å². The van der Waals surface area contributed by atoms with Crippen LogP contribution in [0.15, 0.2) is 36.5 Å². The zero-order valence-corrected chi connectivity index (χ0v) is 14.0. The molecule has 3 rings (SSSR count). The number of halogens is 1. The fraction of sp³-hybridized carbons (Fsp3) is 0.412. The van der Waals surface area contributed by atoms with E-state index in [0.717, 1.165) is 49.9 Å². The molecule has 0 spiro atoms. The van der Waals surface area contributed by atoms with Crippen LogP contribution in [-0.2, 0) is 13.1 Å². The summed E-state index contributed by atoms with van der Waals surface area (Å²) in [4.78, 5) is 16.7. The quantitative estimate of drug-likeness (QED) is 0.864. The summed E-state index contributed by atoms with van der Waals surface area (Å²) < 4.78 is 1.78. The maximum atomic E-state index is 12.5. The normalized spacial score (nSPS) is 15.8. The van der Waals surface area contributed by atoms with Gasteiger partial charge in [0.25, 0.3) is 5.91 Å². The zero-order valence-electron chi connectivity index (χ0n) is 13.3. The van der Waals surface area contributed by atoms with Crippen molar-refractivity contribution in [2.45, 2.75) is 20.0 Å². The predicted molar refractivity (Wildman–Crippen MR) is 90.5 cm³/mol. The van der Waals surface area contributed by atoms with Crippen LogP contribution in [0.2, 0.25) is 5.02 Å². The van der Waals surface area contributed by atoms with Gasteiger partial charge < -0.3 is 4.90 Å². The van der Waals surface area contributed by atoms with Gasteiger partial charge in [-0.05, 0) is 24.6 Å². The number of carbonyl (C=O) groups is 1. The Bertz CT molecular complexity index is 677. The van der Waals surface area contributed by atoms with Crippen molar-refractivity contribution in [1.82, 2.24) is 19.6 Å². The molecule has 0 bridgehead atoms. The van der Waals surface area contributed by atoms with Crippen molar-refractivity contribution in [2.75, 3.05) is 26.2 Å². The monoisotopic (exact) mass is 332 g/mol. The van der Waals surface area contributed by atoms with E-state index in [-0.39, 0.29) is 5.91 Å². The van der Waals surface area contributed by atoms with Gasteiger partial charge in [0.2, 0.25) is 0 Å². The molecule has 1 aromatic carbocycles. The van der Waals surface area contributed by atoms with Gasteiger partial charge in [0.05, 0.1) is 0 Å². The Hall–Kier alpha value is -1.85. The largest absolute Gasteiger partial charge is 0.335 e. The summed E-state index contributed by atoms with van der Waals surface area (Å²) in [6, 6.07) is 9.71. The average Bonchev–Trinajstić information content (AvgIpc) is 3.06. The molecule has 1 aliphatic rings. The van der Waals surface area contributed by atoms with E-state index in [1.807, 2.05) is 36.2 Å². The molecule has 0 unspecified atom stereocenters. The maximum Gasteiger partial charge on any atom is 0.274 e. The van der Waals surface area contributed by atoms with E-state index >= 15 is 0 Å². The lowest BCUT2D eigenvalue weighted by atomic mass is 10.2. The highest BCUT2D eigenvalue weighted by Gasteiger charge is 2.23. The van der Waals surface area contributed by atoms with Gasteiger partial charge >= 0.3 is 0 Å². The summed E-state index contributed by atoms with van der Waals surface area (Å²) >= 11 is 6.22. The third-order valence-corrected chi connectivity index (χ3v) is 4.56. The first-order chi connectivity index (χ1) is 11.2. The summed E-state index contributed by atoms with van der Waals surface area (Å²) in [6.07, 6.45) is 1.85. The minimum Gasteiger partial charge on any atom is -0.335 e.